The minimum absolute atomic E-state index is 0.0870. The Morgan fingerprint density at radius 3 is 2.59 bits per heavy atom. The number of carbonyl (C=O) groups excluding carboxylic acids is 1. The number of nitrogens with zero attached hydrogens (tertiary/aromatic N) is 1. The maximum absolute atomic E-state index is 12.1. The quantitative estimate of drug-likeness (QED) is 0.860. The second kappa shape index (κ2) is 8.16. The average Bonchev–Trinajstić information content (AvgIpc) is 2.50. The monoisotopic (exact) mass is 344 g/mol. The highest BCUT2D eigenvalue weighted by Crippen LogP contribution is 2.27. The van der Waals surface area contributed by atoms with Gasteiger partial charge < -0.3 is 10.4 Å². The van der Waals surface area contributed by atoms with Gasteiger partial charge >= 0.3 is 0 Å². The van der Waals surface area contributed by atoms with Gasteiger partial charge in [-0.25, -0.2) is 0 Å². The van der Waals surface area contributed by atoms with Crippen LogP contribution in [0.4, 0.5) is 5.69 Å². The largest absolute Gasteiger partial charge is 0.396 e. The summed E-state index contributed by atoms with van der Waals surface area (Å²) < 4.78 is 0. The third-order valence-electron chi connectivity index (χ3n) is 4.30. The Bertz CT molecular complexity index is 517. The standard InChI is InChI=1S/C16H22Cl2N2O2/c1-20(13-5-2-11(10-21)3-6-13)9-16(22)19-15-7-4-12(17)8-14(15)18/h4,7-8,11,13,21H,2-3,5-6,9-10H2,1H3,(H,19,22). The molecule has 6 heteroatoms. The lowest BCUT2D eigenvalue weighted by molar-refractivity contribution is -0.117. The smallest absolute Gasteiger partial charge is 0.238 e. The Labute approximate surface area is 141 Å². The number of likely N-dealkylation sites (N-methyl/N-ethyl adjacent to an activating group) is 1. The normalized spacial score (nSPS) is 21.9. The number of halogens is 2. The molecule has 1 saturated carbocycles. The number of rotatable bonds is 5. The maximum atomic E-state index is 12.1. The van der Waals surface area contributed by atoms with Gasteiger partial charge in [0.2, 0.25) is 5.91 Å². The third-order valence-corrected chi connectivity index (χ3v) is 4.84. The lowest BCUT2D eigenvalue weighted by Crippen LogP contribution is -2.40. The molecule has 0 spiro atoms. The Kier molecular flexibility index (Phi) is 6.50. The van der Waals surface area contributed by atoms with Gasteiger partial charge in [-0.15, -0.1) is 0 Å². The van der Waals surface area contributed by atoms with Crippen LogP contribution < -0.4 is 5.32 Å². The highest BCUT2D eigenvalue weighted by Gasteiger charge is 2.24. The third kappa shape index (κ3) is 4.85. The Morgan fingerprint density at radius 1 is 1.32 bits per heavy atom. The lowest BCUT2D eigenvalue weighted by Gasteiger charge is -2.33. The molecule has 0 aromatic heterocycles. The molecule has 0 saturated heterocycles. The number of aliphatic hydroxyl groups is 1. The summed E-state index contributed by atoms with van der Waals surface area (Å²) in [6.45, 7) is 0.597. The molecule has 22 heavy (non-hydrogen) atoms. The molecule has 0 bridgehead atoms. The fourth-order valence-electron chi connectivity index (χ4n) is 2.90. The second-order valence-electron chi connectivity index (χ2n) is 5.94. The van der Waals surface area contributed by atoms with E-state index in [2.05, 4.69) is 10.2 Å². The van der Waals surface area contributed by atoms with Crippen LogP contribution in [0.1, 0.15) is 25.7 Å². The summed E-state index contributed by atoms with van der Waals surface area (Å²) in [6, 6.07) is 5.41. The first-order valence-electron chi connectivity index (χ1n) is 7.55. The van der Waals surface area contributed by atoms with Crippen molar-refractivity contribution in [3.8, 4) is 0 Å². The van der Waals surface area contributed by atoms with Gasteiger partial charge in [-0.2, -0.15) is 0 Å². The summed E-state index contributed by atoms with van der Waals surface area (Å²) in [5, 5.41) is 13.0. The number of benzene rings is 1. The van der Waals surface area contributed by atoms with E-state index in [-0.39, 0.29) is 12.5 Å². The number of hydrogen-bond donors (Lipinski definition) is 2. The van der Waals surface area contributed by atoms with Crippen LogP contribution in [0.2, 0.25) is 10.0 Å². The second-order valence-corrected chi connectivity index (χ2v) is 6.79. The van der Waals surface area contributed by atoms with Crippen LogP contribution in [-0.4, -0.2) is 42.2 Å². The highest BCUT2D eigenvalue weighted by atomic mass is 35.5. The predicted molar refractivity (Wildman–Crippen MR) is 90.6 cm³/mol. The highest BCUT2D eigenvalue weighted by molar-refractivity contribution is 6.36. The first-order valence-corrected chi connectivity index (χ1v) is 8.31. The van der Waals surface area contributed by atoms with Crippen molar-refractivity contribution in [1.82, 2.24) is 4.90 Å². The molecule has 1 aliphatic rings. The number of hydrogen-bond acceptors (Lipinski definition) is 3. The van der Waals surface area contributed by atoms with Crippen molar-refractivity contribution in [2.75, 3.05) is 25.5 Å². The zero-order valence-electron chi connectivity index (χ0n) is 12.7. The number of anilines is 1. The predicted octanol–water partition coefficient (Wildman–Crippen LogP) is 3.41. The van der Waals surface area contributed by atoms with Crippen molar-refractivity contribution in [1.29, 1.82) is 0 Å². The van der Waals surface area contributed by atoms with Gasteiger partial charge in [-0.05, 0) is 56.8 Å². The zero-order valence-corrected chi connectivity index (χ0v) is 14.2. The number of carbonyl (C=O) groups is 1. The first-order chi connectivity index (χ1) is 10.5. The van der Waals surface area contributed by atoms with E-state index in [1.165, 1.54) is 0 Å². The Hall–Kier alpha value is -0.810. The summed E-state index contributed by atoms with van der Waals surface area (Å²) in [5.41, 5.74) is 0.577. The average molecular weight is 345 g/mol. The van der Waals surface area contributed by atoms with Gasteiger partial charge in [-0.3, -0.25) is 9.69 Å². The van der Waals surface area contributed by atoms with E-state index < -0.39 is 0 Å². The van der Waals surface area contributed by atoms with Gasteiger partial charge in [0.05, 0.1) is 17.3 Å². The molecule has 0 radical (unpaired) electrons. The van der Waals surface area contributed by atoms with Gasteiger partial charge in [0.25, 0.3) is 0 Å². The zero-order chi connectivity index (χ0) is 16.1. The van der Waals surface area contributed by atoms with E-state index in [0.29, 0.717) is 34.2 Å². The molecule has 1 fully saturated rings. The van der Waals surface area contributed by atoms with Crippen molar-refractivity contribution in [3.05, 3.63) is 28.2 Å². The number of amides is 1. The van der Waals surface area contributed by atoms with Gasteiger partial charge in [0.1, 0.15) is 0 Å². The van der Waals surface area contributed by atoms with Crippen molar-refractivity contribution in [3.63, 3.8) is 0 Å². The Morgan fingerprint density at radius 2 is 2.00 bits per heavy atom. The fraction of sp³-hybridized carbons (Fsp3) is 0.562. The fourth-order valence-corrected chi connectivity index (χ4v) is 3.36. The molecule has 1 aromatic carbocycles. The molecule has 2 N–H and O–H groups in total. The molecule has 0 unspecified atom stereocenters. The minimum Gasteiger partial charge on any atom is -0.396 e. The van der Waals surface area contributed by atoms with Gasteiger partial charge in [0, 0.05) is 17.7 Å². The molecular formula is C16H22Cl2N2O2. The van der Waals surface area contributed by atoms with Crippen molar-refractivity contribution in [2.24, 2.45) is 5.92 Å². The molecule has 0 heterocycles. The van der Waals surface area contributed by atoms with E-state index >= 15 is 0 Å². The first kappa shape index (κ1) is 17.5. The van der Waals surface area contributed by atoms with E-state index in [1.807, 2.05) is 7.05 Å². The SMILES string of the molecule is CN(CC(=O)Nc1ccc(Cl)cc1Cl)C1CCC(CO)CC1. The van der Waals surface area contributed by atoms with Crippen LogP contribution >= 0.6 is 23.2 Å². The molecule has 1 aromatic rings. The molecule has 0 atom stereocenters. The van der Waals surface area contributed by atoms with Crippen LogP contribution in [0.3, 0.4) is 0 Å². The van der Waals surface area contributed by atoms with Crippen molar-refractivity contribution in [2.45, 2.75) is 31.7 Å². The Balaban J connectivity index is 1.84. The van der Waals surface area contributed by atoms with E-state index in [0.717, 1.165) is 25.7 Å². The molecule has 1 aliphatic carbocycles. The number of nitrogens with one attached hydrogen (secondary N) is 1. The van der Waals surface area contributed by atoms with Crippen molar-refractivity contribution >= 4 is 34.8 Å². The molecule has 4 nitrogen and oxygen atoms in total. The summed E-state index contributed by atoms with van der Waals surface area (Å²) in [4.78, 5) is 14.2. The summed E-state index contributed by atoms with van der Waals surface area (Å²) in [5.74, 6) is 0.336. The summed E-state index contributed by atoms with van der Waals surface area (Å²) >= 11 is 11.9. The molecule has 1 amide bonds. The van der Waals surface area contributed by atoms with Crippen LogP contribution in [0.25, 0.3) is 0 Å². The molecule has 2 rings (SSSR count). The lowest BCUT2D eigenvalue weighted by atomic mass is 9.86. The molecular weight excluding hydrogens is 323 g/mol. The molecule has 122 valence electrons. The van der Waals surface area contributed by atoms with Crippen LogP contribution in [0, 0.1) is 5.92 Å². The summed E-state index contributed by atoms with van der Waals surface area (Å²) in [6.07, 6.45) is 4.10. The summed E-state index contributed by atoms with van der Waals surface area (Å²) in [7, 11) is 1.97. The van der Waals surface area contributed by atoms with E-state index in [4.69, 9.17) is 23.2 Å². The van der Waals surface area contributed by atoms with Crippen LogP contribution in [-0.2, 0) is 4.79 Å². The van der Waals surface area contributed by atoms with E-state index in [1.54, 1.807) is 18.2 Å². The van der Waals surface area contributed by atoms with E-state index in [9.17, 15) is 9.90 Å². The van der Waals surface area contributed by atoms with Crippen LogP contribution in [0.15, 0.2) is 18.2 Å². The number of aliphatic hydroxyl groups excluding tert-OH is 1. The molecule has 0 aliphatic heterocycles. The van der Waals surface area contributed by atoms with Crippen LogP contribution in [0.5, 0.6) is 0 Å². The maximum Gasteiger partial charge on any atom is 0.238 e. The minimum atomic E-state index is -0.0870. The van der Waals surface area contributed by atoms with Crippen molar-refractivity contribution < 1.29 is 9.90 Å². The van der Waals surface area contributed by atoms with Gasteiger partial charge in [-0.1, -0.05) is 23.2 Å². The topological polar surface area (TPSA) is 52.6 Å². The van der Waals surface area contributed by atoms with Gasteiger partial charge in [0.15, 0.2) is 0 Å².